The average molecular weight is 270 g/mol. The van der Waals surface area contributed by atoms with Crippen molar-refractivity contribution in [2.24, 2.45) is 7.05 Å². The summed E-state index contributed by atoms with van der Waals surface area (Å²) in [5.41, 5.74) is 0. The highest BCUT2D eigenvalue weighted by molar-refractivity contribution is 6.32. The number of aryl methyl sites for hydroxylation is 1. The van der Waals surface area contributed by atoms with Gasteiger partial charge in [-0.2, -0.15) is 5.10 Å². The molecule has 0 spiro atoms. The summed E-state index contributed by atoms with van der Waals surface area (Å²) in [6.45, 7) is 1.01. The average Bonchev–Trinajstić information content (AvgIpc) is 2.73. The number of ether oxygens (including phenoxy) is 1. The number of hydrogen-bond acceptors (Lipinski definition) is 3. The molecule has 0 amide bonds. The molecule has 0 saturated heterocycles. The monoisotopic (exact) mass is 269 g/mol. The third kappa shape index (κ3) is 3.37. The first kappa shape index (κ1) is 12.7. The van der Waals surface area contributed by atoms with Crippen molar-refractivity contribution in [1.82, 2.24) is 9.78 Å². The van der Waals surface area contributed by atoms with Crippen molar-refractivity contribution in [3.63, 3.8) is 0 Å². The molecule has 0 bridgehead atoms. The van der Waals surface area contributed by atoms with Crippen molar-refractivity contribution in [2.75, 3.05) is 18.5 Å². The lowest BCUT2D eigenvalue weighted by Gasteiger charge is -2.08. The van der Waals surface area contributed by atoms with Crippen LogP contribution in [-0.4, -0.2) is 22.9 Å². The zero-order valence-electron chi connectivity index (χ0n) is 9.86. The number of benzene rings is 1. The summed E-state index contributed by atoms with van der Waals surface area (Å²) < 4.78 is 19.9. The van der Waals surface area contributed by atoms with Gasteiger partial charge in [-0.05, 0) is 18.2 Å². The molecule has 18 heavy (non-hydrogen) atoms. The van der Waals surface area contributed by atoms with E-state index in [1.807, 2.05) is 19.3 Å². The lowest BCUT2D eigenvalue weighted by atomic mass is 10.3. The van der Waals surface area contributed by atoms with E-state index in [0.717, 1.165) is 5.82 Å². The van der Waals surface area contributed by atoms with Crippen LogP contribution in [0.25, 0.3) is 0 Å². The Morgan fingerprint density at radius 2 is 2.28 bits per heavy atom. The van der Waals surface area contributed by atoms with E-state index in [0.29, 0.717) is 18.9 Å². The molecule has 0 aliphatic rings. The molecule has 0 atom stereocenters. The largest absolute Gasteiger partial charge is 0.490 e. The van der Waals surface area contributed by atoms with E-state index in [-0.39, 0.29) is 10.8 Å². The number of aromatic nitrogens is 2. The second-order valence-electron chi connectivity index (χ2n) is 3.72. The summed E-state index contributed by atoms with van der Waals surface area (Å²) in [7, 11) is 1.85. The maximum Gasteiger partial charge on any atom is 0.148 e. The molecule has 1 heterocycles. The predicted molar refractivity (Wildman–Crippen MR) is 68.6 cm³/mol. The van der Waals surface area contributed by atoms with Gasteiger partial charge in [0.15, 0.2) is 0 Å². The van der Waals surface area contributed by atoms with Crippen LogP contribution < -0.4 is 10.1 Å². The van der Waals surface area contributed by atoms with Crippen molar-refractivity contribution >= 4 is 17.4 Å². The lowest BCUT2D eigenvalue weighted by Crippen LogP contribution is -2.12. The van der Waals surface area contributed by atoms with Gasteiger partial charge in [-0.1, -0.05) is 11.6 Å². The molecule has 1 aromatic carbocycles. The Bertz CT molecular complexity index is 530. The minimum absolute atomic E-state index is 0.271. The molecule has 0 unspecified atom stereocenters. The summed E-state index contributed by atoms with van der Waals surface area (Å²) >= 11 is 5.83. The molecule has 0 fully saturated rings. The Morgan fingerprint density at radius 1 is 1.44 bits per heavy atom. The molecule has 96 valence electrons. The van der Waals surface area contributed by atoms with E-state index in [2.05, 4.69) is 10.4 Å². The van der Waals surface area contributed by atoms with Crippen LogP contribution in [0.1, 0.15) is 0 Å². The zero-order chi connectivity index (χ0) is 13.0. The van der Waals surface area contributed by atoms with Gasteiger partial charge in [-0.3, -0.25) is 4.68 Å². The van der Waals surface area contributed by atoms with Gasteiger partial charge in [-0.25, -0.2) is 4.39 Å². The summed E-state index contributed by atoms with van der Waals surface area (Å²) in [5.74, 6) is 0.881. The van der Waals surface area contributed by atoms with Gasteiger partial charge < -0.3 is 10.1 Å². The Morgan fingerprint density at radius 3 is 2.94 bits per heavy atom. The Balaban J connectivity index is 1.78. The third-order valence-corrected chi connectivity index (χ3v) is 2.57. The third-order valence-electron chi connectivity index (χ3n) is 2.27. The van der Waals surface area contributed by atoms with Crippen molar-refractivity contribution in [2.45, 2.75) is 0 Å². The molecule has 2 rings (SSSR count). The predicted octanol–water partition coefficient (Wildman–Crippen LogP) is 2.70. The lowest BCUT2D eigenvalue weighted by molar-refractivity contribution is 0.332. The van der Waals surface area contributed by atoms with Gasteiger partial charge in [0.05, 0.1) is 11.6 Å². The van der Waals surface area contributed by atoms with Gasteiger partial charge in [0.25, 0.3) is 0 Å². The molecule has 0 aliphatic carbocycles. The van der Waals surface area contributed by atoms with E-state index >= 15 is 0 Å². The number of hydrogen-bond donors (Lipinski definition) is 1. The van der Waals surface area contributed by atoms with Crippen molar-refractivity contribution in [3.05, 3.63) is 41.3 Å². The fourth-order valence-electron chi connectivity index (χ4n) is 1.44. The SMILES string of the molecule is Cn1ccc(NCCOc2ccc(F)cc2Cl)n1. The summed E-state index contributed by atoms with van der Waals surface area (Å²) in [4.78, 5) is 0. The Hall–Kier alpha value is -1.75. The summed E-state index contributed by atoms with van der Waals surface area (Å²) in [6, 6.07) is 5.92. The minimum Gasteiger partial charge on any atom is -0.490 e. The van der Waals surface area contributed by atoms with E-state index in [4.69, 9.17) is 16.3 Å². The molecular formula is C12H13ClFN3O. The highest BCUT2D eigenvalue weighted by Crippen LogP contribution is 2.24. The topological polar surface area (TPSA) is 39.1 Å². The van der Waals surface area contributed by atoms with Crippen LogP contribution in [0.2, 0.25) is 5.02 Å². The number of rotatable bonds is 5. The molecule has 0 radical (unpaired) electrons. The Kier molecular flexibility index (Phi) is 4.04. The van der Waals surface area contributed by atoms with Crippen molar-refractivity contribution in [1.29, 1.82) is 0 Å². The van der Waals surface area contributed by atoms with Gasteiger partial charge in [0, 0.05) is 19.3 Å². The van der Waals surface area contributed by atoms with Gasteiger partial charge >= 0.3 is 0 Å². The van der Waals surface area contributed by atoms with Crippen LogP contribution in [0.5, 0.6) is 5.75 Å². The fourth-order valence-corrected chi connectivity index (χ4v) is 1.66. The first-order valence-electron chi connectivity index (χ1n) is 5.46. The second-order valence-corrected chi connectivity index (χ2v) is 4.13. The molecule has 0 saturated carbocycles. The Labute approximate surface area is 109 Å². The quantitative estimate of drug-likeness (QED) is 0.849. The summed E-state index contributed by atoms with van der Waals surface area (Å²) in [5, 5.41) is 7.52. The maximum atomic E-state index is 12.8. The van der Waals surface area contributed by atoms with E-state index < -0.39 is 0 Å². The normalized spacial score (nSPS) is 10.4. The smallest absolute Gasteiger partial charge is 0.148 e. The maximum absolute atomic E-state index is 12.8. The van der Waals surface area contributed by atoms with Crippen LogP contribution in [0.3, 0.4) is 0 Å². The molecular weight excluding hydrogens is 257 g/mol. The molecule has 1 N–H and O–H groups in total. The number of nitrogens with one attached hydrogen (secondary N) is 1. The van der Waals surface area contributed by atoms with Crippen LogP contribution in [0, 0.1) is 5.82 Å². The van der Waals surface area contributed by atoms with Crippen LogP contribution in [-0.2, 0) is 7.05 Å². The van der Waals surface area contributed by atoms with Gasteiger partial charge in [0.1, 0.15) is 24.0 Å². The van der Waals surface area contributed by atoms with E-state index in [1.165, 1.54) is 18.2 Å². The zero-order valence-corrected chi connectivity index (χ0v) is 10.6. The van der Waals surface area contributed by atoms with Gasteiger partial charge in [-0.15, -0.1) is 0 Å². The van der Waals surface area contributed by atoms with Gasteiger partial charge in [0.2, 0.25) is 0 Å². The fraction of sp³-hybridized carbons (Fsp3) is 0.250. The molecule has 4 nitrogen and oxygen atoms in total. The minimum atomic E-state index is -0.376. The number of halogens is 2. The second kappa shape index (κ2) is 5.73. The van der Waals surface area contributed by atoms with E-state index in [1.54, 1.807) is 4.68 Å². The molecule has 2 aromatic rings. The van der Waals surface area contributed by atoms with Crippen LogP contribution >= 0.6 is 11.6 Å². The first-order valence-corrected chi connectivity index (χ1v) is 5.84. The molecule has 0 aliphatic heterocycles. The number of nitrogens with zero attached hydrogens (tertiary/aromatic N) is 2. The highest BCUT2D eigenvalue weighted by Gasteiger charge is 2.02. The van der Waals surface area contributed by atoms with Crippen LogP contribution in [0.15, 0.2) is 30.5 Å². The van der Waals surface area contributed by atoms with Crippen molar-refractivity contribution in [3.8, 4) is 5.75 Å². The van der Waals surface area contributed by atoms with E-state index in [9.17, 15) is 4.39 Å². The van der Waals surface area contributed by atoms with Crippen LogP contribution in [0.4, 0.5) is 10.2 Å². The number of anilines is 1. The summed E-state index contributed by atoms with van der Waals surface area (Å²) in [6.07, 6.45) is 1.85. The first-order chi connectivity index (χ1) is 8.65. The van der Waals surface area contributed by atoms with Crippen molar-refractivity contribution < 1.29 is 9.13 Å². The standard InChI is InChI=1S/C12H13ClFN3O/c1-17-6-4-12(16-17)15-5-7-18-11-3-2-9(14)8-10(11)13/h2-4,6,8H,5,7H2,1H3,(H,15,16). The highest BCUT2D eigenvalue weighted by atomic mass is 35.5. The molecule has 1 aromatic heterocycles. The molecule has 6 heteroatoms.